The molecule has 0 radical (unpaired) electrons. The lowest BCUT2D eigenvalue weighted by Gasteiger charge is -2.02. The highest BCUT2D eigenvalue weighted by Crippen LogP contribution is 2.11. The molecule has 0 saturated heterocycles. The van der Waals surface area contributed by atoms with Crippen molar-refractivity contribution in [2.24, 2.45) is 7.05 Å². The second kappa shape index (κ2) is 6.76. The number of rotatable bonds is 5. The van der Waals surface area contributed by atoms with Crippen LogP contribution in [0.2, 0.25) is 0 Å². The van der Waals surface area contributed by atoms with E-state index in [0.29, 0.717) is 21.6 Å². The lowest BCUT2D eigenvalue weighted by molar-refractivity contribution is 0.0561. The van der Waals surface area contributed by atoms with Gasteiger partial charge in [-0.1, -0.05) is 0 Å². The summed E-state index contributed by atoms with van der Waals surface area (Å²) in [6, 6.07) is 1.49. The summed E-state index contributed by atoms with van der Waals surface area (Å²) in [5, 5.41) is 10.6. The number of nitrogens with zero attached hydrogens (tertiary/aromatic N) is 4. The van der Waals surface area contributed by atoms with Crippen molar-refractivity contribution in [3.63, 3.8) is 0 Å². The highest BCUT2D eigenvalue weighted by atomic mass is 35.5. The highest BCUT2D eigenvalue weighted by molar-refractivity contribution is 5.85. The first-order valence-electron chi connectivity index (χ1n) is 5.70. The molecule has 0 atom stereocenters. The van der Waals surface area contributed by atoms with E-state index in [1.807, 2.05) is 0 Å². The quantitative estimate of drug-likeness (QED) is 0.921. The van der Waals surface area contributed by atoms with E-state index in [1.54, 1.807) is 6.92 Å². The van der Waals surface area contributed by atoms with E-state index in [9.17, 15) is 13.2 Å². The third-order valence-corrected chi connectivity index (χ3v) is 2.74. The summed E-state index contributed by atoms with van der Waals surface area (Å²) in [5.74, 6) is -0.400. The summed E-state index contributed by atoms with van der Waals surface area (Å²) >= 11 is 0. The van der Waals surface area contributed by atoms with E-state index >= 15 is 0 Å². The molecule has 0 aliphatic rings. The molecule has 0 aromatic carbocycles. The van der Waals surface area contributed by atoms with Crippen molar-refractivity contribution in [2.75, 3.05) is 0 Å². The maximum absolute atomic E-state index is 13.6. The molecule has 0 aliphatic heterocycles. The minimum atomic E-state index is -2.65. The van der Waals surface area contributed by atoms with Crippen molar-refractivity contribution in [1.29, 1.82) is 0 Å². The van der Waals surface area contributed by atoms with E-state index in [2.05, 4.69) is 15.5 Å². The number of aryl methyl sites for hydroxylation is 2. The topological polar surface area (TPSA) is 47.7 Å². The number of aromatic nitrogens is 4. The standard InChI is InChI=1S/C11H14F3N5.ClH/c1-7-9(10(12)18(2)16-7)6-15-5-8-3-4-19(17-8)11(13)14;/h3-4,11,15H,5-6H2,1-2H3;1H. The Morgan fingerprint density at radius 2 is 2.00 bits per heavy atom. The summed E-state index contributed by atoms with van der Waals surface area (Å²) in [4.78, 5) is 0. The van der Waals surface area contributed by atoms with Crippen molar-refractivity contribution in [3.05, 3.63) is 35.2 Å². The molecule has 0 amide bonds. The molecule has 20 heavy (non-hydrogen) atoms. The van der Waals surface area contributed by atoms with Gasteiger partial charge >= 0.3 is 6.55 Å². The van der Waals surface area contributed by atoms with Crippen LogP contribution in [0.4, 0.5) is 13.2 Å². The predicted octanol–water partition coefficient (Wildman–Crippen LogP) is 2.17. The van der Waals surface area contributed by atoms with E-state index in [4.69, 9.17) is 0 Å². The molecule has 2 rings (SSSR count). The fourth-order valence-electron chi connectivity index (χ4n) is 1.77. The van der Waals surface area contributed by atoms with Gasteiger partial charge in [0.05, 0.1) is 11.4 Å². The lowest BCUT2D eigenvalue weighted by Crippen LogP contribution is -2.15. The molecule has 5 nitrogen and oxygen atoms in total. The van der Waals surface area contributed by atoms with Gasteiger partial charge in [-0.3, -0.25) is 0 Å². The Kier molecular flexibility index (Phi) is 5.58. The van der Waals surface area contributed by atoms with Gasteiger partial charge < -0.3 is 5.32 Å². The Balaban J connectivity index is 0.00000200. The molecule has 0 aliphatic carbocycles. The van der Waals surface area contributed by atoms with Crippen LogP contribution in [0.1, 0.15) is 23.5 Å². The fraction of sp³-hybridized carbons (Fsp3) is 0.455. The normalized spacial score (nSPS) is 10.9. The highest BCUT2D eigenvalue weighted by Gasteiger charge is 2.12. The molecule has 9 heteroatoms. The average Bonchev–Trinajstić information content (AvgIpc) is 2.90. The van der Waals surface area contributed by atoms with Crippen molar-refractivity contribution in [3.8, 4) is 0 Å². The number of alkyl halides is 2. The first-order valence-corrected chi connectivity index (χ1v) is 5.70. The number of halogens is 4. The van der Waals surface area contributed by atoms with Crippen LogP contribution in [0, 0.1) is 12.9 Å². The van der Waals surface area contributed by atoms with Gasteiger partial charge in [-0.25, -0.2) is 9.36 Å². The van der Waals surface area contributed by atoms with Crippen LogP contribution >= 0.6 is 12.4 Å². The Morgan fingerprint density at radius 3 is 2.50 bits per heavy atom. The molecule has 0 bridgehead atoms. The van der Waals surface area contributed by atoms with Gasteiger partial charge in [0.15, 0.2) is 0 Å². The van der Waals surface area contributed by atoms with Crippen LogP contribution in [0.5, 0.6) is 0 Å². The van der Waals surface area contributed by atoms with Gasteiger partial charge in [-0.15, -0.1) is 12.4 Å². The van der Waals surface area contributed by atoms with Crippen LogP contribution in [0.25, 0.3) is 0 Å². The zero-order valence-electron chi connectivity index (χ0n) is 11.0. The molecule has 2 aromatic heterocycles. The Bertz CT molecular complexity index is 566. The van der Waals surface area contributed by atoms with E-state index in [1.165, 1.54) is 19.3 Å². The summed E-state index contributed by atoms with van der Waals surface area (Å²) in [6.45, 7) is -0.377. The van der Waals surface area contributed by atoms with Crippen LogP contribution in [0.15, 0.2) is 12.3 Å². The molecule has 0 saturated carbocycles. The zero-order chi connectivity index (χ0) is 14.0. The predicted molar refractivity (Wildman–Crippen MR) is 69.2 cm³/mol. The minimum absolute atomic E-state index is 0. The first-order chi connectivity index (χ1) is 8.99. The Morgan fingerprint density at radius 1 is 1.30 bits per heavy atom. The van der Waals surface area contributed by atoms with E-state index in [0.717, 1.165) is 4.68 Å². The van der Waals surface area contributed by atoms with Crippen molar-refractivity contribution >= 4 is 12.4 Å². The molecule has 2 heterocycles. The van der Waals surface area contributed by atoms with Crippen molar-refractivity contribution in [2.45, 2.75) is 26.6 Å². The molecule has 1 N–H and O–H groups in total. The summed E-state index contributed by atoms with van der Waals surface area (Å²) < 4.78 is 39.9. The third-order valence-electron chi connectivity index (χ3n) is 2.74. The smallest absolute Gasteiger partial charge is 0.307 e. The zero-order valence-corrected chi connectivity index (χ0v) is 11.8. The molecule has 0 fully saturated rings. The third kappa shape index (κ3) is 3.51. The maximum Gasteiger partial charge on any atom is 0.333 e. The second-order valence-corrected chi connectivity index (χ2v) is 4.15. The Labute approximate surface area is 120 Å². The number of hydrogen-bond donors (Lipinski definition) is 1. The molecular formula is C11H15ClF3N5. The minimum Gasteiger partial charge on any atom is -0.307 e. The monoisotopic (exact) mass is 309 g/mol. The number of nitrogens with one attached hydrogen (secondary N) is 1. The summed E-state index contributed by atoms with van der Waals surface area (Å²) in [5.41, 5.74) is 1.55. The maximum atomic E-state index is 13.6. The second-order valence-electron chi connectivity index (χ2n) is 4.15. The van der Waals surface area contributed by atoms with Gasteiger partial charge in [0.2, 0.25) is 5.95 Å². The molecule has 112 valence electrons. The van der Waals surface area contributed by atoms with Gasteiger partial charge in [-0.05, 0) is 13.0 Å². The fourth-order valence-corrected chi connectivity index (χ4v) is 1.77. The first kappa shape index (κ1) is 16.5. The van der Waals surface area contributed by atoms with Gasteiger partial charge in [0.1, 0.15) is 0 Å². The average molecular weight is 310 g/mol. The molecule has 2 aromatic rings. The van der Waals surface area contributed by atoms with Gasteiger partial charge in [-0.2, -0.15) is 23.4 Å². The van der Waals surface area contributed by atoms with Gasteiger partial charge in [0.25, 0.3) is 0 Å². The number of hydrogen-bond acceptors (Lipinski definition) is 3. The van der Waals surface area contributed by atoms with E-state index in [-0.39, 0.29) is 25.5 Å². The van der Waals surface area contributed by atoms with Crippen LogP contribution in [-0.2, 0) is 20.1 Å². The molecule has 0 unspecified atom stereocenters. The van der Waals surface area contributed by atoms with Crippen LogP contribution < -0.4 is 5.32 Å². The molecular weight excluding hydrogens is 295 g/mol. The summed E-state index contributed by atoms with van der Waals surface area (Å²) in [6.07, 6.45) is 1.21. The van der Waals surface area contributed by atoms with E-state index < -0.39 is 12.5 Å². The largest absolute Gasteiger partial charge is 0.333 e. The summed E-state index contributed by atoms with van der Waals surface area (Å²) in [7, 11) is 1.52. The molecule has 0 spiro atoms. The lowest BCUT2D eigenvalue weighted by atomic mass is 10.2. The van der Waals surface area contributed by atoms with Crippen molar-refractivity contribution < 1.29 is 13.2 Å². The SMILES string of the molecule is Cc1nn(C)c(F)c1CNCc1ccn(C(F)F)n1.Cl. The van der Waals surface area contributed by atoms with Crippen LogP contribution in [-0.4, -0.2) is 19.6 Å². The van der Waals surface area contributed by atoms with Crippen LogP contribution in [0.3, 0.4) is 0 Å². The Hall–Kier alpha value is -1.54. The van der Waals surface area contributed by atoms with Crippen molar-refractivity contribution in [1.82, 2.24) is 24.9 Å². The van der Waals surface area contributed by atoms with Gasteiger partial charge in [0, 0.05) is 31.9 Å².